The number of amides is 3. The second-order valence-corrected chi connectivity index (χ2v) is 17.3. The van der Waals surface area contributed by atoms with Crippen molar-refractivity contribution in [2.75, 3.05) is 19.0 Å². The quantitative estimate of drug-likeness (QED) is 0.243. The SMILES string of the molecule is CC[C@@H]1C[C@]1(NC(=O)[C@@H]1C[C@@H](Oc2ncc(OC)c3ccc(Cl)cc23)CN1C(=O)C(Nc1cncc(C)c1)C(C)(C)C)C(=O)NS(=O)(=O)C1CC1. The highest BCUT2D eigenvalue weighted by molar-refractivity contribution is 7.91. The summed E-state index contributed by atoms with van der Waals surface area (Å²) in [7, 11) is -2.30. The molecular weight excluding hydrogens is 696 g/mol. The Bertz CT molecular complexity index is 1970. The van der Waals surface area contributed by atoms with Gasteiger partial charge >= 0.3 is 0 Å². The van der Waals surface area contributed by atoms with Crippen LogP contribution in [0.5, 0.6) is 11.6 Å². The molecule has 15 heteroatoms. The minimum absolute atomic E-state index is 0.0411. The number of anilines is 1. The van der Waals surface area contributed by atoms with Gasteiger partial charge in [-0.05, 0) is 67.3 Å². The number of hydrogen-bond acceptors (Lipinski definition) is 10. The van der Waals surface area contributed by atoms with E-state index in [1.807, 2.05) is 40.7 Å². The first-order valence-electron chi connectivity index (χ1n) is 17.2. The molecule has 2 aromatic heterocycles. The predicted molar refractivity (Wildman–Crippen MR) is 193 cm³/mol. The Labute approximate surface area is 303 Å². The summed E-state index contributed by atoms with van der Waals surface area (Å²) in [5, 5.41) is 7.44. The van der Waals surface area contributed by atoms with Crippen LogP contribution < -0.4 is 24.8 Å². The number of halogens is 1. The molecule has 6 rings (SSSR count). The van der Waals surface area contributed by atoms with Gasteiger partial charge in [0.25, 0.3) is 5.91 Å². The number of aryl methyl sites for hydroxylation is 1. The summed E-state index contributed by atoms with van der Waals surface area (Å²) < 4.78 is 39.6. The third-order valence-corrected chi connectivity index (χ3v) is 12.0. The lowest BCUT2D eigenvalue weighted by atomic mass is 9.85. The summed E-state index contributed by atoms with van der Waals surface area (Å²) in [5.41, 5.74) is -0.444. The van der Waals surface area contributed by atoms with Crippen molar-refractivity contribution < 1.29 is 32.3 Å². The van der Waals surface area contributed by atoms with E-state index in [0.29, 0.717) is 41.1 Å². The van der Waals surface area contributed by atoms with Gasteiger partial charge in [-0.3, -0.25) is 24.1 Å². The molecule has 1 saturated heterocycles. The maximum absolute atomic E-state index is 14.6. The van der Waals surface area contributed by atoms with Crippen LogP contribution in [0.25, 0.3) is 10.8 Å². The van der Waals surface area contributed by atoms with E-state index >= 15 is 0 Å². The molecule has 13 nitrogen and oxygen atoms in total. The summed E-state index contributed by atoms with van der Waals surface area (Å²) in [6.45, 7) is 9.61. The van der Waals surface area contributed by atoms with Gasteiger partial charge < -0.3 is 25.0 Å². The highest BCUT2D eigenvalue weighted by Gasteiger charge is 2.62. The van der Waals surface area contributed by atoms with Crippen LogP contribution >= 0.6 is 11.6 Å². The van der Waals surface area contributed by atoms with Crippen molar-refractivity contribution in [2.45, 2.75) is 95.7 Å². The minimum atomic E-state index is -3.84. The smallest absolute Gasteiger partial charge is 0.259 e. The van der Waals surface area contributed by atoms with E-state index in [1.54, 1.807) is 43.9 Å². The Morgan fingerprint density at radius 3 is 2.49 bits per heavy atom. The number of aromatic nitrogens is 2. The third-order valence-electron chi connectivity index (χ3n) is 9.97. The van der Waals surface area contributed by atoms with Crippen molar-refractivity contribution in [3.8, 4) is 11.6 Å². The van der Waals surface area contributed by atoms with Crippen LogP contribution in [0.3, 0.4) is 0 Å². The van der Waals surface area contributed by atoms with Gasteiger partial charge in [-0.2, -0.15) is 0 Å². The van der Waals surface area contributed by atoms with Gasteiger partial charge in [-0.15, -0.1) is 0 Å². The van der Waals surface area contributed by atoms with Crippen molar-refractivity contribution in [1.29, 1.82) is 0 Å². The molecule has 3 aliphatic rings. The number of carbonyl (C=O) groups excluding carboxylic acids is 3. The zero-order chi connectivity index (χ0) is 36.9. The molecular formula is C36H45ClN6O7S. The standard InChI is InChI=1S/C36H45ClN6O7S/c1-7-21-15-36(21,34(46)42-51(47,48)25-9-10-25)41-31(44)28-14-24(50-32-27-13-22(37)8-11-26(27)29(49-6)18-39-32)19-43(28)33(45)30(35(3,4)5)40-23-12-20(2)16-38-17-23/h8,11-13,16-18,21,24-25,28,30,40H,7,9-10,14-15,19H2,1-6H3,(H,41,44)(H,42,46)/t21-,24-,28+,30?,36-/m1/s1. The number of nitrogens with zero attached hydrogens (tertiary/aromatic N) is 3. The van der Waals surface area contributed by atoms with Crippen molar-refractivity contribution in [3.63, 3.8) is 0 Å². The summed E-state index contributed by atoms with van der Waals surface area (Å²) in [5.74, 6) is -1.12. The maximum Gasteiger partial charge on any atom is 0.259 e. The summed E-state index contributed by atoms with van der Waals surface area (Å²) >= 11 is 6.35. The van der Waals surface area contributed by atoms with Gasteiger partial charge in [0.2, 0.25) is 27.7 Å². The van der Waals surface area contributed by atoms with Crippen LogP contribution in [0.2, 0.25) is 5.02 Å². The van der Waals surface area contributed by atoms with E-state index < -0.39 is 56.2 Å². The van der Waals surface area contributed by atoms with E-state index in [9.17, 15) is 22.8 Å². The number of hydrogen-bond donors (Lipinski definition) is 3. The summed E-state index contributed by atoms with van der Waals surface area (Å²) in [6.07, 6.45) is 6.14. The molecule has 1 aromatic carbocycles. The first kappa shape index (κ1) is 36.6. The fraction of sp³-hybridized carbons (Fsp3) is 0.528. The third kappa shape index (κ3) is 7.57. The van der Waals surface area contributed by atoms with Crippen LogP contribution in [0.4, 0.5) is 5.69 Å². The average molecular weight is 741 g/mol. The molecule has 5 atom stereocenters. The maximum atomic E-state index is 14.6. The molecule has 51 heavy (non-hydrogen) atoms. The highest BCUT2D eigenvalue weighted by atomic mass is 35.5. The number of methoxy groups -OCH3 is 1. The van der Waals surface area contributed by atoms with Crippen LogP contribution in [0, 0.1) is 18.3 Å². The van der Waals surface area contributed by atoms with E-state index in [2.05, 4.69) is 25.3 Å². The Balaban J connectivity index is 1.32. The number of sulfonamides is 1. The summed E-state index contributed by atoms with van der Waals surface area (Å²) in [4.78, 5) is 52.7. The summed E-state index contributed by atoms with van der Waals surface area (Å²) in [6, 6.07) is 5.33. The van der Waals surface area contributed by atoms with Crippen LogP contribution in [-0.2, 0) is 24.4 Å². The number of nitrogens with one attached hydrogen (secondary N) is 3. The van der Waals surface area contributed by atoms with Crippen LogP contribution in [-0.4, -0.2) is 83.6 Å². The number of rotatable bonds is 12. The van der Waals surface area contributed by atoms with Gasteiger partial charge in [0.05, 0.1) is 30.8 Å². The van der Waals surface area contributed by atoms with Crippen LogP contribution in [0.1, 0.15) is 65.4 Å². The largest absolute Gasteiger partial charge is 0.494 e. The molecule has 3 heterocycles. The Hall–Kier alpha value is -4.17. The normalized spacial score (nSPS) is 23.7. The molecule has 2 aliphatic carbocycles. The molecule has 1 aliphatic heterocycles. The number of carbonyl (C=O) groups is 3. The molecule has 3 N–H and O–H groups in total. The Morgan fingerprint density at radius 1 is 1.12 bits per heavy atom. The zero-order valence-corrected chi connectivity index (χ0v) is 31.2. The second-order valence-electron chi connectivity index (χ2n) is 14.9. The lowest BCUT2D eigenvalue weighted by Gasteiger charge is -2.36. The molecule has 0 bridgehead atoms. The molecule has 3 fully saturated rings. The van der Waals surface area contributed by atoms with Crippen LogP contribution in [0.15, 0.2) is 42.9 Å². The molecule has 3 aromatic rings. The number of likely N-dealkylation sites (tertiary alicyclic amines) is 1. The van der Waals surface area contributed by atoms with Crippen molar-refractivity contribution >= 4 is 55.8 Å². The molecule has 2 saturated carbocycles. The lowest BCUT2D eigenvalue weighted by Crippen LogP contribution is -2.58. The first-order valence-corrected chi connectivity index (χ1v) is 19.1. The number of fused-ring (bicyclic) bond motifs is 1. The fourth-order valence-electron chi connectivity index (χ4n) is 6.86. The number of ether oxygens (including phenoxy) is 2. The molecule has 274 valence electrons. The van der Waals surface area contributed by atoms with Gasteiger partial charge in [0.1, 0.15) is 29.5 Å². The van der Waals surface area contributed by atoms with Crippen molar-refractivity contribution in [3.05, 3.63) is 53.4 Å². The van der Waals surface area contributed by atoms with Gasteiger partial charge in [-0.25, -0.2) is 13.4 Å². The molecule has 0 spiro atoms. The Morgan fingerprint density at radius 2 is 1.86 bits per heavy atom. The fourth-order valence-corrected chi connectivity index (χ4v) is 8.40. The molecule has 0 radical (unpaired) electrons. The number of benzene rings is 1. The molecule has 3 amide bonds. The Kier molecular flexibility index (Phi) is 9.88. The topological polar surface area (TPSA) is 169 Å². The molecule has 1 unspecified atom stereocenters. The highest BCUT2D eigenvalue weighted by Crippen LogP contribution is 2.47. The zero-order valence-electron chi connectivity index (χ0n) is 29.7. The number of pyridine rings is 2. The monoisotopic (exact) mass is 740 g/mol. The average Bonchev–Trinajstić information content (AvgIpc) is 4.00. The van der Waals surface area contributed by atoms with Gasteiger partial charge in [0, 0.05) is 34.6 Å². The van der Waals surface area contributed by atoms with E-state index in [0.717, 1.165) is 10.9 Å². The second kappa shape index (κ2) is 13.8. The van der Waals surface area contributed by atoms with Gasteiger partial charge in [-0.1, -0.05) is 45.7 Å². The minimum Gasteiger partial charge on any atom is -0.494 e. The van der Waals surface area contributed by atoms with E-state index in [-0.39, 0.29) is 37.1 Å². The first-order chi connectivity index (χ1) is 24.1. The predicted octanol–water partition coefficient (Wildman–Crippen LogP) is 4.37. The van der Waals surface area contributed by atoms with Crippen molar-refractivity contribution in [2.24, 2.45) is 11.3 Å². The van der Waals surface area contributed by atoms with E-state index in [4.69, 9.17) is 21.1 Å². The lowest BCUT2D eigenvalue weighted by molar-refractivity contribution is -0.141. The van der Waals surface area contributed by atoms with Gasteiger partial charge in [0.15, 0.2) is 0 Å². The van der Waals surface area contributed by atoms with Crippen molar-refractivity contribution in [1.82, 2.24) is 24.9 Å². The van der Waals surface area contributed by atoms with E-state index in [1.165, 1.54) is 4.90 Å².